The maximum Gasteiger partial charge on any atom is 0.234 e. The van der Waals surface area contributed by atoms with Crippen LogP contribution in [0.15, 0.2) is 66.7 Å². The maximum atomic E-state index is 12.2. The Morgan fingerprint density at radius 3 is 2.54 bits per heavy atom. The van der Waals surface area contributed by atoms with Crippen LogP contribution in [0.1, 0.15) is 11.1 Å². The Hall–Kier alpha value is -2.77. The molecule has 1 N–H and O–H groups in total. The van der Waals surface area contributed by atoms with Crippen LogP contribution in [0.4, 0.5) is 5.69 Å². The fourth-order valence-corrected chi connectivity index (χ4v) is 3.25. The molecule has 3 nitrogen and oxygen atoms in total. The summed E-state index contributed by atoms with van der Waals surface area (Å²) >= 11 is 1.56. The quantitative estimate of drug-likeness (QED) is 0.744. The van der Waals surface area contributed by atoms with Gasteiger partial charge >= 0.3 is 0 Å². The monoisotopic (exact) mass is 332 g/mol. The molecule has 3 aromatic carbocycles. The lowest BCUT2D eigenvalue weighted by Gasteiger charge is -2.08. The fourth-order valence-electron chi connectivity index (χ4n) is 2.46. The number of hydrogen-bond donors (Lipinski definition) is 1. The van der Waals surface area contributed by atoms with Gasteiger partial charge in [-0.2, -0.15) is 5.26 Å². The average molecular weight is 332 g/mol. The second kappa shape index (κ2) is 7.67. The first kappa shape index (κ1) is 16.1. The van der Waals surface area contributed by atoms with E-state index in [4.69, 9.17) is 5.26 Å². The zero-order chi connectivity index (χ0) is 16.8. The number of nitrogens with one attached hydrogen (secondary N) is 1. The Kier molecular flexibility index (Phi) is 5.15. The van der Waals surface area contributed by atoms with Gasteiger partial charge < -0.3 is 5.32 Å². The molecule has 0 bridgehead atoms. The van der Waals surface area contributed by atoms with Gasteiger partial charge in [0.2, 0.25) is 5.91 Å². The highest BCUT2D eigenvalue weighted by atomic mass is 32.2. The van der Waals surface area contributed by atoms with Gasteiger partial charge in [-0.1, -0.05) is 48.5 Å². The normalized spacial score (nSPS) is 10.3. The molecule has 0 unspecified atom stereocenters. The summed E-state index contributed by atoms with van der Waals surface area (Å²) in [4.78, 5) is 12.2. The second-order valence-electron chi connectivity index (χ2n) is 5.38. The number of rotatable bonds is 5. The van der Waals surface area contributed by atoms with Crippen LogP contribution in [0.2, 0.25) is 0 Å². The molecule has 0 heterocycles. The van der Waals surface area contributed by atoms with Crippen molar-refractivity contribution in [1.29, 1.82) is 5.26 Å². The Morgan fingerprint density at radius 1 is 1.00 bits per heavy atom. The zero-order valence-electron chi connectivity index (χ0n) is 13.0. The third-order valence-electron chi connectivity index (χ3n) is 3.65. The smallest absolute Gasteiger partial charge is 0.234 e. The number of carbonyl (C=O) groups is 1. The number of thioether (sulfide) groups is 1. The van der Waals surface area contributed by atoms with Crippen molar-refractivity contribution in [3.8, 4) is 6.07 Å². The van der Waals surface area contributed by atoms with Crippen LogP contribution in [-0.4, -0.2) is 11.7 Å². The highest BCUT2D eigenvalue weighted by Crippen LogP contribution is 2.23. The van der Waals surface area contributed by atoms with Crippen molar-refractivity contribution in [2.24, 2.45) is 0 Å². The summed E-state index contributed by atoms with van der Waals surface area (Å²) in [7, 11) is 0. The molecule has 24 heavy (non-hydrogen) atoms. The van der Waals surface area contributed by atoms with Crippen LogP contribution < -0.4 is 5.32 Å². The molecule has 0 radical (unpaired) electrons. The van der Waals surface area contributed by atoms with Gasteiger partial charge in [0.25, 0.3) is 0 Å². The summed E-state index contributed by atoms with van der Waals surface area (Å²) < 4.78 is 0. The number of amides is 1. The first-order valence-electron chi connectivity index (χ1n) is 7.60. The molecule has 1 amide bonds. The molecule has 0 saturated heterocycles. The molecule has 118 valence electrons. The molecule has 3 rings (SSSR count). The molecule has 0 saturated carbocycles. The summed E-state index contributed by atoms with van der Waals surface area (Å²) in [5.41, 5.74) is 2.60. The van der Waals surface area contributed by atoms with Crippen molar-refractivity contribution in [2.45, 2.75) is 5.75 Å². The van der Waals surface area contributed by atoms with Crippen molar-refractivity contribution in [1.82, 2.24) is 0 Å². The van der Waals surface area contributed by atoms with Crippen LogP contribution in [0.3, 0.4) is 0 Å². The van der Waals surface area contributed by atoms with Gasteiger partial charge in [0, 0.05) is 16.8 Å². The average Bonchev–Trinajstić information content (AvgIpc) is 2.63. The Balaban J connectivity index is 1.56. The molecule has 0 aliphatic rings. The first-order chi connectivity index (χ1) is 11.8. The minimum Gasteiger partial charge on any atom is -0.325 e. The molecule has 0 aliphatic carbocycles. The summed E-state index contributed by atoms with van der Waals surface area (Å²) in [5, 5.41) is 13.9. The van der Waals surface area contributed by atoms with E-state index in [-0.39, 0.29) is 5.91 Å². The Morgan fingerprint density at radius 2 is 1.75 bits per heavy atom. The van der Waals surface area contributed by atoms with Crippen LogP contribution in [0, 0.1) is 11.3 Å². The van der Waals surface area contributed by atoms with Gasteiger partial charge in [-0.3, -0.25) is 4.79 Å². The number of carbonyl (C=O) groups excluding carboxylic acids is 1. The van der Waals surface area contributed by atoms with Gasteiger partial charge in [-0.25, -0.2) is 0 Å². The topological polar surface area (TPSA) is 52.9 Å². The van der Waals surface area contributed by atoms with E-state index >= 15 is 0 Å². The van der Waals surface area contributed by atoms with E-state index in [1.807, 2.05) is 54.6 Å². The van der Waals surface area contributed by atoms with Crippen molar-refractivity contribution in [2.75, 3.05) is 11.1 Å². The standard InChI is InChI=1S/C20H16N2OS/c21-12-15-8-10-16(11-9-15)13-24-14-20(23)22-19-7-3-5-17-4-1-2-6-18(17)19/h1-11H,13-14H2,(H,22,23). The Bertz CT molecular complexity index is 892. The lowest BCUT2D eigenvalue weighted by Crippen LogP contribution is -2.14. The fraction of sp³-hybridized carbons (Fsp3) is 0.100. The largest absolute Gasteiger partial charge is 0.325 e. The molecule has 4 heteroatoms. The van der Waals surface area contributed by atoms with Crippen molar-refractivity contribution >= 4 is 34.1 Å². The molecule has 0 spiro atoms. The van der Waals surface area contributed by atoms with E-state index in [0.717, 1.165) is 27.8 Å². The first-order valence-corrected chi connectivity index (χ1v) is 8.76. The number of benzene rings is 3. The molecule has 0 aromatic heterocycles. The van der Waals surface area contributed by atoms with E-state index in [2.05, 4.69) is 11.4 Å². The van der Waals surface area contributed by atoms with E-state index in [0.29, 0.717) is 11.3 Å². The van der Waals surface area contributed by atoms with E-state index in [1.54, 1.807) is 23.9 Å². The van der Waals surface area contributed by atoms with Gasteiger partial charge in [-0.05, 0) is 29.1 Å². The predicted molar refractivity (Wildman–Crippen MR) is 99.9 cm³/mol. The Labute approximate surface area is 145 Å². The van der Waals surface area contributed by atoms with Crippen LogP contribution in [-0.2, 0) is 10.5 Å². The summed E-state index contributed by atoms with van der Waals surface area (Å²) in [6, 6.07) is 23.4. The van der Waals surface area contributed by atoms with Crippen LogP contribution >= 0.6 is 11.8 Å². The second-order valence-corrected chi connectivity index (χ2v) is 6.36. The van der Waals surface area contributed by atoms with Gasteiger partial charge in [0.1, 0.15) is 0 Å². The molecule has 0 fully saturated rings. The minimum atomic E-state index is -0.00926. The molecule has 3 aromatic rings. The molecular weight excluding hydrogens is 316 g/mol. The minimum absolute atomic E-state index is 0.00926. The SMILES string of the molecule is N#Cc1ccc(CSCC(=O)Nc2cccc3ccccc23)cc1. The lowest BCUT2D eigenvalue weighted by molar-refractivity contribution is -0.113. The summed E-state index contributed by atoms with van der Waals surface area (Å²) in [5.74, 6) is 1.13. The van der Waals surface area contributed by atoms with Crippen molar-refractivity contribution < 1.29 is 4.79 Å². The van der Waals surface area contributed by atoms with Crippen LogP contribution in [0.25, 0.3) is 10.8 Å². The number of nitrogens with zero attached hydrogens (tertiary/aromatic N) is 1. The number of fused-ring (bicyclic) bond motifs is 1. The van der Waals surface area contributed by atoms with Crippen molar-refractivity contribution in [3.63, 3.8) is 0 Å². The molecule has 0 aliphatic heterocycles. The van der Waals surface area contributed by atoms with Crippen molar-refractivity contribution in [3.05, 3.63) is 77.9 Å². The number of anilines is 1. The highest BCUT2D eigenvalue weighted by Gasteiger charge is 2.06. The van der Waals surface area contributed by atoms with E-state index in [9.17, 15) is 4.79 Å². The lowest BCUT2D eigenvalue weighted by atomic mass is 10.1. The number of nitriles is 1. The van der Waals surface area contributed by atoms with Gasteiger partial charge in [0.15, 0.2) is 0 Å². The molecule has 0 atom stereocenters. The predicted octanol–water partition coefficient (Wildman–Crippen LogP) is 4.58. The maximum absolute atomic E-state index is 12.2. The van der Waals surface area contributed by atoms with E-state index < -0.39 is 0 Å². The van der Waals surface area contributed by atoms with Gasteiger partial charge in [-0.15, -0.1) is 11.8 Å². The van der Waals surface area contributed by atoms with E-state index in [1.165, 1.54) is 0 Å². The van der Waals surface area contributed by atoms with Gasteiger partial charge in [0.05, 0.1) is 17.4 Å². The third kappa shape index (κ3) is 3.95. The highest BCUT2D eigenvalue weighted by molar-refractivity contribution is 7.99. The molecular formula is C20H16N2OS. The third-order valence-corrected chi connectivity index (χ3v) is 4.65. The summed E-state index contributed by atoms with van der Waals surface area (Å²) in [6.07, 6.45) is 0. The number of hydrogen-bond acceptors (Lipinski definition) is 3. The zero-order valence-corrected chi connectivity index (χ0v) is 13.8. The van der Waals surface area contributed by atoms with Crippen LogP contribution in [0.5, 0.6) is 0 Å². The summed E-state index contributed by atoms with van der Waals surface area (Å²) in [6.45, 7) is 0.